The van der Waals surface area contributed by atoms with Crippen LogP contribution in [-0.2, 0) is 29.1 Å². The van der Waals surface area contributed by atoms with E-state index in [0.717, 1.165) is 27.2 Å². The Kier molecular flexibility index (Phi) is 10.8. The lowest BCUT2D eigenvalue weighted by molar-refractivity contribution is -0.145. The molecule has 3 N–H and O–H groups in total. The van der Waals surface area contributed by atoms with E-state index in [9.17, 15) is 32.4 Å². The number of sulfonamides is 1. The molecule has 0 spiro atoms. The van der Waals surface area contributed by atoms with Gasteiger partial charge in [0.05, 0.1) is 11.3 Å². The van der Waals surface area contributed by atoms with Crippen LogP contribution in [0.25, 0.3) is 11.1 Å². The molecular formula is C40H51N5O9S. The number of nitrogens with one attached hydrogen (secondary N) is 3. The summed E-state index contributed by atoms with van der Waals surface area (Å²) in [6.45, 7) is 14.0. The average molecular weight is 778 g/mol. The molecule has 296 valence electrons. The van der Waals surface area contributed by atoms with Crippen molar-refractivity contribution in [3.63, 3.8) is 0 Å². The summed E-state index contributed by atoms with van der Waals surface area (Å²) in [5, 5.41) is 4.76. The second-order valence-electron chi connectivity index (χ2n) is 16.9. The SMILES string of the molecule is C=CC1CC1N(C(=O)NS(=O)(=O)C1CC1)C(=O)C1CC(NC(=O)OCC2c3ccccc3-c3ccccc32)CN1C(=O)C(NC(=O)OC(C)(C)C)C(C)(C)C. The highest BCUT2D eigenvalue weighted by molar-refractivity contribution is 7.90. The van der Waals surface area contributed by atoms with Crippen molar-refractivity contribution in [1.82, 2.24) is 25.2 Å². The molecule has 6 amide bonds. The van der Waals surface area contributed by atoms with Crippen LogP contribution in [0.5, 0.6) is 0 Å². The zero-order valence-electron chi connectivity index (χ0n) is 32.2. The van der Waals surface area contributed by atoms with Crippen LogP contribution >= 0.6 is 0 Å². The Morgan fingerprint density at radius 2 is 1.53 bits per heavy atom. The van der Waals surface area contributed by atoms with Gasteiger partial charge in [0.15, 0.2) is 0 Å². The summed E-state index contributed by atoms with van der Waals surface area (Å²) in [4.78, 5) is 71.2. The van der Waals surface area contributed by atoms with Gasteiger partial charge in [0.2, 0.25) is 15.9 Å². The minimum atomic E-state index is -4.02. The number of hydrogen-bond acceptors (Lipinski definition) is 9. The molecule has 6 rings (SSSR count). The molecule has 4 aliphatic rings. The molecular weight excluding hydrogens is 727 g/mol. The molecule has 14 nitrogen and oxygen atoms in total. The number of fused-ring (bicyclic) bond motifs is 3. The Hall–Kier alpha value is -4.92. The minimum absolute atomic E-state index is 0.0392. The van der Waals surface area contributed by atoms with Crippen molar-refractivity contribution in [2.45, 2.75) is 108 Å². The molecule has 1 saturated heterocycles. The Morgan fingerprint density at radius 1 is 0.927 bits per heavy atom. The third-order valence-electron chi connectivity index (χ3n) is 10.4. The number of alkyl carbamates (subject to hydrolysis) is 2. The highest BCUT2D eigenvalue weighted by Gasteiger charge is 2.53. The van der Waals surface area contributed by atoms with Gasteiger partial charge in [-0.15, -0.1) is 6.58 Å². The first kappa shape index (κ1) is 39.8. The highest BCUT2D eigenvalue weighted by atomic mass is 32.2. The second kappa shape index (κ2) is 15.0. The largest absolute Gasteiger partial charge is 0.449 e. The van der Waals surface area contributed by atoms with E-state index in [4.69, 9.17) is 9.47 Å². The first-order valence-corrected chi connectivity index (χ1v) is 20.3. The molecule has 3 fully saturated rings. The Morgan fingerprint density at radius 3 is 2.05 bits per heavy atom. The maximum absolute atomic E-state index is 14.5. The van der Waals surface area contributed by atoms with Gasteiger partial charge in [-0.2, -0.15) is 0 Å². The van der Waals surface area contributed by atoms with Crippen LogP contribution in [0.4, 0.5) is 14.4 Å². The Labute approximate surface area is 322 Å². The van der Waals surface area contributed by atoms with Crippen LogP contribution in [0.15, 0.2) is 61.2 Å². The van der Waals surface area contributed by atoms with Gasteiger partial charge in [-0.25, -0.2) is 27.5 Å². The minimum Gasteiger partial charge on any atom is -0.449 e. The lowest BCUT2D eigenvalue weighted by atomic mass is 9.85. The summed E-state index contributed by atoms with van der Waals surface area (Å²) in [6.07, 6.45) is 1.07. The monoisotopic (exact) mass is 777 g/mol. The van der Waals surface area contributed by atoms with Gasteiger partial charge in [0.1, 0.15) is 24.3 Å². The highest BCUT2D eigenvalue weighted by Crippen LogP contribution is 2.44. The van der Waals surface area contributed by atoms with Crippen LogP contribution in [0.1, 0.15) is 84.3 Å². The van der Waals surface area contributed by atoms with Crippen LogP contribution in [-0.4, -0.2) is 96.4 Å². The van der Waals surface area contributed by atoms with Gasteiger partial charge in [0, 0.05) is 18.5 Å². The molecule has 0 radical (unpaired) electrons. The number of rotatable bonds is 10. The summed E-state index contributed by atoms with van der Waals surface area (Å²) < 4.78 is 38.9. The molecule has 0 bridgehead atoms. The molecule has 1 heterocycles. The first-order valence-electron chi connectivity index (χ1n) is 18.7. The van der Waals surface area contributed by atoms with Crippen molar-refractivity contribution in [3.8, 4) is 11.1 Å². The summed E-state index contributed by atoms with van der Waals surface area (Å²) in [5.41, 5.74) is 2.47. The number of carbonyl (C=O) groups is 5. The first-order chi connectivity index (χ1) is 25.8. The summed E-state index contributed by atoms with van der Waals surface area (Å²) in [6, 6.07) is 10.8. The molecule has 5 atom stereocenters. The molecule has 2 aromatic carbocycles. The molecule has 3 aliphatic carbocycles. The zero-order chi connectivity index (χ0) is 40.0. The van der Waals surface area contributed by atoms with E-state index in [-0.39, 0.29) is 31.4 Å². The molecule has 5 unspecified atom stereocenters. The predicted molar refractivity (Wildman–Crippen MR) is 204 cm³/mol. The van der Waals surface area contributed by atoms with Gasteiger partial charge < -0.3 is 25.0 Å². The van der Waals surface area contributed by atoms with Gasteiger partial charge in [-0.3, -0.25) is 14.5 Å². The normalized spacial score (nSPS) is 22.4. The summed E-state index contributed by atoms with van der Waals surface area (Å²) in [5.74, 6) is -1.92. The third kappa shape index (κ3) is 8.82. The van der Waals surface area contributed by atoms with E-state index in [1.165, 1.54) is 4.90 Å². The fourth-order valence-corrected chi connectivity index (χ4v) is 8.69. The summed E-state index contributed by atoms with van der Waals surface area (Å²) >= 11 is 0. The Balaban J connectivity index is 1.24. The molecule has 2 saturated carbocycles. The number of likely N-dealkylation sites (tertiary alicyclic amines) is 1. The number of benzene rings is 2. The maximum atomic E-state index is 14.5. The number of urea groups is 1. The van der Waals surface area contributed by atoms with Crippen molar-refractivity contribution >= 4 is 40.1 Å². The van der Waals surface area contributed by atoms with Crippen molar-refractivity contribution in [3.05, 3.63) is 72.3 Å². The topological polar surface area (TPSA) is 181 Å². The number of imide groups is 1. The molecule has 1 aliphatic heterocycles. The smallest absolute Gasteiger partial charge is 0.408 e. The lowest BCUT2D eigenvalue weighted by Crippen LogP contribution is -2.60. The number of carbonyl (C=O) groups excluding carboxylic acids is 5. The second-order valence-corrected chi connectivity index (χ2v) is 18.9. The number of nitrogens with zero attached hydrogens (tertiary/aromatic N) is 2. The van der Waals surface area contributed by atoms with Crippen LogP contribution < -0.4 is 15.4 Å². The number of ether oxygens (including phenoxy) is 2. The predicted octanol–water partition coefficient (Wildman–Crippen LogP) is 5.04. The fraction of sp³-hybridized carbons (Fsp3) is 0.525. The van der Waals surface area contributed by atoms with Crippen molar-refractivity contribution < 1.29 is 41.9 Å². The summed E-state index contributed by atoms with van der Waals surface area (Å²) in [7, 11) is -4.02. The average Bonchev–Trinajstić information content (AvgIpc) is 4.03. The van der Waals surface area contributed by atoms with E-state index in [0.29, 0.717) is 19.3 Å². The maximum Gasteiger partial charge on any atom is 0.408 e. The van der Waals surface area contributed by atoms with Crippen molar-refractivity contribution in [1.29, 1.82) is 0 Å². The molecule has 15 heteroatoms. The van der Waals surface area contributed by atoms with Gasteiger partial charge in [0.25, 0.3) is 5.91 Å². The van der Waals surface area contributed by atoms with Crippen LogP contribution in [0, 0.1) is 11.3 Å². The van der Waals surface area contributed by atoms with Gasteiger partial charge in [-0.1, -0.05) is 75.4 Å². The van der Waals surface area contributed by atoms with E-state index < -0.39 is 80.5 Å². The standard InChI is InChI=1S/C40H51N5O9S/c1-8-23-19-31(23)45(36(48)43-55(51,52)25-17-18-25)34(46)32-20-24(21-44(32)35(47)33(39(2,3)4)42-38(50)54-40(5,6)7)41-37(49)53-22-30-28-15-11-9-13-26(28)27-14-10-12-16-29(27)30/h8-16,23-25,30-33H,1,17-22H2,2-7H3,(H,41,49)(H,42,50)(H,43,48). The molecule has 2 aromatic rings. The van der Waals surface area contributed by atoms with Crippen LogP contribution in [0.3, 0.4) is 0 Å². The van der Waals surface area contributed by atoms with Crippen molar-refractivity contribution in [2.24, 2.45) is 11.3 Å². The lowest BCUT2D eigenvalue weighted by Gasteiger charge is -2.36. The number of hydrogen-bond donors (Lipinski definition) is 3. The Bertz CT molecular complexity index is 1940. The molecule has 55 heavy (non-hydrogen) atoms. The zero-order valence-corrected chi connectivity index (χ0v) is 33.0. The van der Waals surface area contributed by atoms with E-state index in [1.54, 1.807) is 47.6 Å². The number of amides is 6. The molecule has 0 aromatic heterocycles. The third-order valence-corrected chi connectivity index (χ3v) is 12.2. The van der Waals surface area contributed by atoms with E-state index >= 15 is 0 Å². The van der Waals surface area contributed by atoms with E-state index in [2.05, 4.69) is 21.9 Å². The fourth-order valence-electron chi connectivity index (χ4n) is 7.42. The van der Waals surface area contributed by atoms with Crippen molar-refractivity contribution in [2.75, 3.05) is 13.2 Å². The quantitative estimate of drug-likeness (QED) is 0.279. The van der Waals surface area contributed by atoms with Gasteiger partial charge in [-0.05, 0) is 80.0 Å². The van der Waals surface area contributed by atoms with Crippen LogP contribution in [0.2, 0.25) is 0 Å². The van der Waals surface area contributed by atoms with E-state index in [1.807, 2.05) is 48.5 Å². The van der Waals surface area contributed by atoms with Gasteiger partial charge >= 0.3 is 18.2 Å².